The number of carbonyl (C=O) groups is 1. The summed E-state index contributed by atoms with van der Waals surface area (Å²) in [4.78, 5) is 14.4. The van der Waals surface area contributed by atoms with Crippen LogP contribution in [0, 0.1) is 0 Å². The van der Waals surface area contributed by atoms with Crippen molar-refractivity contribution in [2.24, 2.45) is 0 Å². The maximum atomic E-state index is 12.4. The van der Waals surface area contributed by atoms with E-state index in [9.17, 15) is 4.79 Å². The molecule has 0 saturated heterocycles. The van der Waals surface area contributed by atoms with E-state index in [-0.39, 0.29) is 12.5 Å². The van der Waals surface area contributed by atoms with Gasteiger partial charge in [0.2, 0.25) is 0 Å². The van der Waals surface area contributed by atoms with Crippen molar-refractivity contribution in [1.82, 2.24) is 10.2 Å². The second-order valence-corrected chi connectivity index (χ2v) is 5.88. The number of fused-ring (bicyclic) bond motifs is 1. The number of nitrogens with zero attached hydrogens (tertiary/aromatic N) is 2. The molecule has 1 heterocycles. The number of H-pyrrole nitrogens is 1. The molecule has 0 radical (unpaired) electrons. The van der Waals surface area contributed by atoms with Crippen LogP contribution >= 0.6 is 0 Å². The molecule has 3 N–H and O–H groups in total. The number of aliphatic hydroxyl groups is 1. The maximum Gasteiger partial charge on any atom is 0.276 e. The van der Waals surface area contributed by atoms with Crippen molar-refractivity contribution in [2.75, 3.05) is 30.4 Å². The molecular formula is C17H22N4O2. The van der Waals surface area contributed by atoms with E-state index in [0.29, 0.717) is 12.2 Å². The Morgan fingerprint density at radius 1 is 1.30 bits per heavy atom. The molecule has 1 aromatic carbocycles. The zero-order valence-corrected chi connectivity index (χ0v) is 13.3. The van der Waals surface area contributed by atoms with Crippen molar-refractivity contribution in [1.29, 1.82) is 0 Å². The first-order valence-electron chi connectivity index (χ1n) is 7.98. The lowest BCUT2D eigenvalue weighted by atomic mass is 9.96. The van der Waals surface area contributed by atoms with E-state index in [1.54, 1.807) is 0 Å². The summed E-state index contributed by atoms with van der Waals surface area (Å²) in [6.45, 7) is 0.685. The maximum absolute atomic E-state index is 12.4. The Morgan fingerprint density at radius 3 is 2.78 bits per heavy atom. The molecule has 1 aliphatic rings. The van der Waals surface area contributed by atoms with Gasteiger partial charge in [0, 0.05) is 36.2 Å². The summed E-state index contributed by atoms with van der Waals surface area (Å²) in [5, 5.41) is 19.0. The molecule has 122 valence electrons. The minimum Gasteiger partial charge on any atom is -0.395 e. The summed E-state index contributed by atoms with van der Waals surface area (Å²) in [5.41, 5.74) is 4.41. The smallest absolute Gasteiger partial charge is 0.276 e. The van der Waals surface area contributed by atoms with E-state index in [1.165, 1.54) is 0 Å². The number of anilines is 2. The number of hydrogen-bond donors (Lipinski definition) is 3. The van der Waals surface area contributed by atoms with Gasteiger partial charge >= 0.3 is 0 Å². The highest BCUT2D eigenvalue weighted by Crippen LogP contribution is 2.23. The number of carbonyl (C=O) groups excluding carboxylic acids is 1. The van der Waals surface area contributed by atoms with Gasteiger partial charge in [-0.05, 0) is 49.9 Å². The van der Waals surface area contributed by atoms with Crippen LogP contribution in [0.15, 0.2) is 24.3 Å². The first-order valence-corrected chi connectivity index (χ1v) is 7.98. The van der Waals surface area contributed by atoms with Crippen molar-refractivity contribution in [3.05, 3.63) is 41.2 Å². The second kappa shape index (κ2) is 6.83. The van der Waals surface area contributed by atoms with E-state index in [0.717, 1.165) is 48.3 Å². The number of rotatable bonds is 5. The van der Waals surface area contributed by atoms with Crippen LogP contribution in [0.25, 0.3) is 0 Å². The third-order valence-corrected chi connectivity index (χ3v) is 4.27. The SMILES string of the molecule is CN(CCO)c1ccc(NC(=O)c2n[nH]c3c2CCCC3)cc1. The van der Waals surface area contributed by atoms with Gasteiger partial charge in [0.15, 0.2) is 5.69 Å². The summed E-state index contributed by atoms with van der Waals surface area (Å²) in [6.07, 6.45) is 4.15. The molecule has 0 atom stereocenters. The Hall–Kier alpha value is -2.34. The van der Waals surface area contributed by atoms with Crippen LogP contribution < -0.4 is 10.2 Å². The number of hydrogen-bond acceptors (Lipinski definition) is 4. The molecule has 1 aromatic heterocycles. The number of benzene rings is 1. The highest BCUT2D eigenvalue weighted by molar-refractivity contribution is 6.04. The average Bonchev–Trinajstić information content (AvgIpc) is 3.00. The zero-order valence-electron chi connectivity index (χ0n) is 13.3. The standard InChI is InChI=1S/C17H22N4O2/c1-21(10-11-22)13-8-6-12(7-9-13)18-17(23)16-14-4-2-3-5-15(14)19-20-16/h6-9,22H,2-5,10-11H2,1H3,(H,18,23)(H,19,20). The minimum atomic E-state index is -0.166. The summed E-state index contributed by atoms with van der Waals surface area (Å²) >= 11 is 0. The summed E-state index contributed by atoms with van der Waals surface area (Å²) < 4.78 is 0. The Bertz CT molecular complexity index is 678. The van der Waals surface area contributed by atoms with E-state index in [2.05, 4.69) is 15.5 Å². The van der Waals surface area contributed by atoms with Crippen LogP contribution in [0.4, 0.5) is 11.4 Å². The van der Waals surface area contributed by atoms with Gasteiger partial charge < -0.3 is 15.3 Å². The first-order chi connectivity index (χ1) is 11.2. The molecule has 23 heavy (non-hydrogen) atoms. The topological polar surface area (TPSA) is 81.2 Å². The van der Waals surface area contributed by atoms with Crippen LogP contribution in [0.1, 0.15) is 34.6 Å². The van der Waals surface area contributed by atoms with Gasteiger partial charge in [0.05, 0.1) is 6.61 Å². The quantitative estimate of drug-likeness (QED) is 0.788. The van der Waals surface area contributed by atoms with Gasteiger partial charge in [-0.3, -0.25) is 9.89 Å². The van der Waals surface area contributed by atoms with Gasteiger partial charge in [-0.15, -0.1) is 0 Å². The lowest BCUT2D eigenvalue weighted by Gasteiger charge is -2.18. The van der Waals surface area contributed by atoms with Gasteiger partial charge in [0.25, 0.3) is 5.91 Å². The fourth-order valence-corrected chi connectivity index (χ4v) is 2.94. The Labute approximate surface area is 135 Å². The third kappa shape index (κ3) is 3.37. The predicted octanol–water partition coefficient (Wildman–Crippen LogP) is 1.97. The van der Waals surface area contributed by atoms with Crippen LogP contribution in [0.3, 0.4) is 0 Å². The third-order valence-electron chi connectivity index (χ3n) is 4.27. The number of likely N-dealkylation sites (N-methyl/N-ethyl adjacent to an activating group) is 1. The normalized spacial score (nSPS) is 13.5. The van der Waals surface area contributed by atoms with Crippen molar-refractivity contribution < 1.29 is 9.90 Å². The van der Waals surface area contributed by atoms with Gasteiger partial charge in [0.1, 0.15) is 0 Å². The number of aromatic amines is 1. The lowest BCUT2D eigenvalue weighted by Crippen LogP contribution is -2.21. The van der Waals surface area contributed by atoms with Crippen LogP contribution in [-0.4, -0.2) is 41.4 Å². The monoisotopic (exact) mass is 314 g/mol. The van der Waals surface area contributed by atoms with E-state index in [1.807, 2.05) is 36.2 Å². The Balaban J connectivity index is 1.69. The van der Waals surface area contributed by atoms with Gasteiger partial charge in [-0.1, -0.05) is 0 Å². The van der Waals surface area contributed by atoms with E-state index < -0.39 is 0 Å². The predicted molar refractivity (Wildman–Crippen MR) is 90.0 cm³/mol. The number of aromatic nitrogens is 2. The Kier molecular flexibility index (Phi) is 4.62. The fraction of sp³-hybridized carbons (Fsp3) is 0.412. The van der Waals surface area contributed by atoms with Crippen molar-refractivity contribution >= 4 is 17.3 Å². The molecule has 0 bridgehead atoms. The molecule has 0 spiro atoms. The number of amides is 1. The summed E-state index contributed by atoms with van der Waals surface area (Å²) in [7, 11) is 1.92. The highest BCUT2D eigenvalue weighted by atomic mass is 16.3. The average molecular weight is 314 g/mol. The second-order valence-electron chi connectivity index (χ2n) is 5.88. The zero-order chi connectivity index (χ0) is 16.2. The fourth-order valence-electron chi connectivity index (χ4n) is 2.94. The number of aryl methyl sites for hydroxylation is 1. The lowest BCUT2D eigenvalue weighted by molar-refractivity contribution is 0.102. The van der Waals surface area contributed by atoms with E-state index >= 15 is 0 Å². The Morgan fingerprint density at radius 2 is 2.04 bits per heavy atom. The van der Waals surface area contributed by atoms with Crippen LogP contribution in [0.2, 0.25) is 0 Å². The number of nitrogens with one attached hydrogen (secondary N) is 2. The van der Waals surface area contributed by atoms with Crippen molar-refractivity contribution in [3.63, 3.8) is 0 Å². The molecule has 1 aliphatic carbocycles. The molecule has 0 aliphatic heterocycles. The van der Waals surface area contributed by atoms with Crippen LogP contribution in [-0.2, 0) is 12.8 Å². The number of aliphatic hydroxyl groups excluding tert-OH is 1. The minimum absolute atomic E-state index is 0.110. The first kappa shape index (κ1) is 15.6. The molecule has 0 fully saturated rings. The van der Waals surface area contributed by atoms with E-state index in [4.69, 9.17) is 5.11 Å². The largest absolute Gasteiger partial charge is 0.395 e. The molecule has 1 amide bonds. The van der Waals surface area contributed by atoms with Crippen LogP contribution in [0.5, 0.6) is 0 Å². The van der Waals surface area contributed by atoms with Crippen molar-refractivity contribution in [3.8, 4) is 0 Å². The molecule has 6 heteroatoms. The van der Waals surface area contributed by atoms with Crippen molar-refractivity contribution in [2.45, 2.75) is 25.7 Å². The molecule has 0 saturated carbocycles. The summed E-state index contributed by atoms with van der Waals surface area (Å²) in [5.74, 6) is -0.166. The molecule has 2 aromatic rings. The highest BCUT2D eigenvalue weighted by Gasteiger charge is 2.21. The summed E-state index contributed by atoms with van der Waals surface area (Å²) in [6, 6.07) is 7.57. The molecule has 6 nitrogen and oxygen atoms in total. The molecule has 3 rings (SSSR count). The molecule has 0 unspecified atom stereocenters. The van der Waals surface area contributed by atoms with Gasteiger partial charge in [-0.25, -0.2) is 0 Å². The van der Waals surface area contributed by atoms with Gasteiger partial charge in [-0.2, -0.15) is 5.10 Å². The molecular weight excluding hydrogens is 292 g/mol.